The minimum atomic E-state index is 0.396. The van der Waals surface area contributed by atoms with Crippen molar-refractivity contribution in [1.82, 2.24) is 0 Å². The third kappa shape index (κ3) is 5.70. The summed E-state index contributed by atoms with van der Waals surface area (Å²) in [6.45, 7) is 0.793. The summed E-state index contributed by atoms with van der Waals surface area (Å²) in [6.07, 6.45) is 0. The van der Waals surface area contributed by atoms with Gasteiger partial charge in [0.15, 0.2) is 0 Å². The average Bonchev–Trinajstić information content (AvgIpc) is 3.24. The lowest BCUT2D eigenvalue weighted by molar-refractivity contribution is 0.287. The molecule has 0 saturated carbocycles. The molecular weight excluding hydrogens is 657 g/mol. The number of fused-ring (bicyclic) bond motifs is 5. The molecule has 256 valence electrons. The summed E-state index contributed by atoms with van der Waals surface area (Å²) in [5, 5.41) is 11.9. The van der Waals surface area contributed by atoms with Gasteiger partial charge in [0, 0.05) is 11.1 Å². The van der Waals surface area contributed by atoms with E-state index in [4.69, 9.17) is 9.47 Å². The second kappa shape index (κ2) is 13.6. The fourth-order valence-electron chi connectivity index (χ4n) is 8.10. The Morgan fingerprint density at radius 1 is 0.278 bits per heavy atom. The van der Waals surface area contributed by atoms with Crippen LogP contribution in [0, 0.1) is 0 Å². The van der Waals surface area contributed by atoms with Crippen molar-refractivity contribution in [1.29, 1.82) is 0 Å². The molecular formula is C52H36O2. The molecule has 2 nitrogen and oxygen atoms in total. The van der Waals surface area contributed by atoms with Gasteiger partial charge in [-0.3, -0.25) is 0 Å². The van der Waals surface area contributed by atoms with Crippen LogP contribution >= 0.6 is 0 Å². The zero-order valence-corrected chi connectivity index (χ0v) is 29.7. The van der Waals surface area contributed by atoms with Gasteiger partial charge >= 0.3 is 0 Å². The van der Waals surface area contributed by atoms with Crippen LogP contribution in [0.5, 0.6) is 11.5 Å². The van der Waals surface area contributed by atoms with E-state index in [1.807, 2.05) is 0 Å². The highest BCUT2D eigenvalue weighted by Gasteiger charge is 2.18. The molecule has 0 unspecified atom stereocenters. The van der Waals surface area contributed by atoms with E-state index in [-0.39, 0.29) is 0 Å². The van der Waals surface area contributed by atoms with Crippen molar-refractivity contribution in [2.45, 2.75) is 13.2 Å². The lowest BCUT2D eigenvalue weighted by atomic mass is 9.93. The van der Waals surface area contributed by atoms with E-state index >= 15 is 0 Å². The Bertz CT molecular complexity index is 2800. The molecule has 2 heteroatoms. The van der Waals surface area contributed by atoms with Crippen molar-refractivity contribution >= 4 is 53.9 Å². The Morgan fingerprint density at radius 3 is 1.04 bits per heavy atom. The molecule has 0 aromatic heterocycles. The first-order valence-electron chi connectivity index (χ1n) is 18.5. The van der Waals surface area contributed by atoms with Gasteiger partial charge in [0.1, 0.15) is 24.7 Å². The molecule has 0 heterocycles. The fourth-order valence-corrected chi connectivity index (χ4v) is 8.10. The van der Waals surface area contributed by atoms with Crippen LogP contribution in [0.4, 0.5) is 0 Å². The molecule has 0 atom stereocenters. The van der Waals surface area contributed by atoms with E-state index in [1.165, 1.54) is 65.0 Å². The number of ether oxygens (including phenoxy) is 2. The molecule has 10 aromatic rings. The van der Waals surface area contributed by atoms with Gasteiger partial charge in [0.25, 0.3) is 0 Å². The quantitative estimate of drug-likeness (QED) is 0.158. The number of rotatable bonds is 8. The first kappa shape index (κ1) is 31.8. The number of hydrogen-bond acceptors (Lipinski definition) is 2. The average molecular weight is 693 g/mol. The van der Waals surface area contributed by atoms with Gasteiger partial charge in [0.05, 0.1) is 0 Å². The lowest BCUT2D eigenvalue weighted by Gasteiger charge is -2.19. The molecule has 0 bridgehead atoms. The molecule has 0 N–H and O–H groups in total. The van der Waals surface area contributed by atoms with Crippen LogP contribution in [0.25, 0.3) is 76.1 Å². The van der Waals surface area contributed by atoms with Crippen molar-refractivity contribution in [3.05, 3.63) is 205 Å². The van der Waals surface area contributed by atoms with E-state index in [9.17, 15) is 0 Å². The Balaban J connectivity index is 1.06. The predicted molar refractivity (Wildman–Crippen MR) is 226 cm³/mol. The first-order valence-corrected chi connectivity index (χ1v) is 18.5. The van der Waals surface area contributed by atoms with Gasteiger partial charge in [-0.05, 0) is 100 Å². The molecule has 0 aliphatic carbocycles. The van der Waals surface area contributed by atoms with Crippen LogP contribution in [0.3, 0.4) is 0 Å². The lowest BCUT2D eigenvalue weighted by Crippen LogP contribution is -2.05. The third-order valence-electron chi connectivity index (χ3n) is 10.7. The zero-order valence-electron chi connectivity index (χ0n) is 29.7. The maximum atomic E-state index is 6.92. The second-order valence-electron chi connectivity index (χ2n) is 13.9. The predicted octanol–water partition coefficient (Wildman–Crippen LogP) is 13.9. The van der Waals surface area contributed by atoms with E-state index in [2.05, 4.69) is 194 Å². The summed E-state index contributed by atoms with van der Waals surface area (Å²) >= 11 is 0. The topological polar surface area (TPSA) is 18.5 Å². The highest BCUT2D eigenvalue weighted by Crippen LogP contribution is 2.43. The van der Waals surface area contributed by atoms with Gasteiger partial charge in [0.2, 0.25) is 0 Å². The zero-order chi connectivity index (χ0) is 35.8. The van der Waals surface area contributed by atoms with Crippen molar-refractivity contribution < 1.29 is 9.47 Å². The first-order chi connectivity index (χ1) is 26.8. The van der Waals surface area contributed by atoms with Crippen LogP contribution in [0.2, 0.25) is 0 Å². The SMILES string of the molecule is c1ccc2cc(COc3ccc4ccccc4c3-c3cccc4ccccc34)c(COc3ccc4ccccc4c3-c3cccc4ccccc34)cc2c1. The van der Waals surface area contributed by atoms with Gasteiger partial charge in [-0.15, -0.1) is 0 Å². The van der Waals surface area contributed by atoms with Crippen LogP contribution in [-0.2, 0) is 13.2 Å². The monoisotopic (exact) mass is 692 g/mol. The summed E-state index contributed by atoms with van der Waals surface area (Å²) in [4.78, 5) is 0. The van der Waals surface area contributed by atoms with Crippen LogP contribution < -0.4 is 9.47 Å². The number of hydrogen-bond donors (Lipinski definition) is 0. The molecule has 10 rings (SSSR count). The highest BCUT2D eigenvalue weighted by molar-refractivity contribution is 6.09. The van der Waals surface area contributed by atoms with Crippen LogP contribution in [-0.4, -0.2) is 0 Å². The Hall–Kier alpha value is -6.90. The summed E-state index contributed by atoms with van der Waals surface area (Å²) in [6, 6.07) is 69.0. The van der Waals surface area contributed by atoms with Crippen molar-refractivity contribution in [3.8, 4) is 33.8 Å². The van der Waals surface area contributed by atoms with Gasteiger partial charge in [-0.25, -0.2) is 0 Å². The van der Waals surface area contributed by atoms with Crippen LogP contribution in [0.15, 0.2) is 194 Å². The van der Waals surface area contributed by atoms with Crippen molar-refractivity contribution in [3.63, 3.8) is 0 Å². The summed E-state index contributed by atoms with van der Waals surface area (Å²) < 4.78 is 13.8. The minimum Gasteiger partial charge on any atom is -0.488 e. The van der Waals surface area contributed by atoms with Crippen molar-refractivity contribution in [2.75, 3.05) is 0 Å². The number of benzene rings is 10. The molecule has 0 saturated heterocycles. The summed E-state index contributed by atoms with van der Waals surface area (Å²) in [5.41, 5.74) is 6.74. The summed E-state index contributed by atoms with van der Waals surface area (Å²) in [5.74, 6) is 1.72. The molecule has 0 radical (unpaired) electrons. The molecule has 0 aliphatic heterocycles. The van der Waals surface area contributed by atoms with Crippen molar-refractivity contribution in [2.24, 2.45) is 0 Å². The standard InChI is InChI=1S/C52H36O2/c1-2-18-40-32-42(34-54-50-30-28-38-16-6-10-24-46(38)52(50)48-26-12-20-36-14-4-8-22-44(36)48)41(31-39(40)17-1)33-53-49-29-27-37-15-5-9-23-45(37)51(49)47-25-11-19-35-13-3-7-21-43(35)47/h1-32H,33-34H2. The maximum Gasteiger partial charge on any atom is 0.128 e. The van der Waals surface area contributed by atoms with Gasteiger partial charge in [-0.2, -0.15) is 0 Å². The third-order valence-corrected chi connectivity index (χ3v) is 10.7. The van der Waals surface area contributed by atoms with Crippen LogP contribution in [0.1, 0.15) is 11.1 Å². The Labute approximate surface area is 314 Å². The smallest absolute Gasteiger partial charge is 0.128 e. The molecule has 0 amide bonds. The molecule has 10 aromatic carbocycles. The molecule has 0 spiro atoms. The van der Waals surface area contributed by atoms with E-state index in [1.54, 1.807) is 0 Å². The van der Waals surface area contributed by atoms with E-state index < -0.39 is 0 Å². The van der Waals surface area contributed by atoms with E-state index in [0.717, 1.165) is 33.8 Å². The van der Waals surface area contributed by atoms with E-state index in [0.29, 0.717) is 13.2 Å². The fraction of sp³-hybridized carbons (Fsp3) is 0.0385. The molecule has 0 fully saturated rings. The second-order valence-corrected chi connectivity index (χ2v) is 13.9. The summed E-state index contributed by atoms with van der Waals surface area (Å²) in [7, 11) is 0. The molecule has 0 aliphatic rings. The Kier molecular flexibility index (Phi) is 8.00. The molecule has 54 heavy (non-hydrogen) atoms. The van der Waals surface area contributed by atoms with Gasteiger partial charge in [-0.1, -0.05) is 170 Å². The maximum absolute atomic E-state index is 6.92. The minimum absolute atomic E-state index is 0.396. The largest absolute Gasteiger partial charge is 0.488 e. The highest BCUT2D eigenvalue weighted by atomic mass is 16.5. The normalized spacial score (nSPS) is 11.5. The van der Waals surface area contributed by atoms with Gasteiger partial charge < -0.3 is 9.47 Å². The Morgan fingerprint density at radius 2 is 0.611 bits per heavy atom.